The van der Waals surface area contributed by atoms with Gasteiger partial charge in [-0.1, -0.05) is 30.3 Å². The van der Waals surface area contributed by atoms with E-state index in [2.05, 4.69) is 0 Å². The molecular formula is C20H23Cl3O8Si2. The number of rotatable bonds is 7. The van der Waals surface area contributed by atoms with Crippen molar-refractivity contribution < 1.29 is 37.1 Å². The predicted molar refractivity (Wildman–Crippen MR) is 130 cm³/mol. The molecule has 180 valence electrons. The van der Waals surface area contributed by atoms with Gasteiger partial charge in [0, 0.05) is 26.0 Å². The molecule has 0 saturated carbocycles. The van der Waals surface area contributed by atoms with Crippen LogP contribution in [0, 0.1) is 0 Å². The second-order valence-electron chi connectivity index (χ2n) is 6.24. The Morgan fingerprint density at radius 2 is 0.970 bits per heavy atom. The molecule has 0 unspecified atom stereocenters. The summed E-state index contributed by atoms with van der Waals surface area (Å²) in [6.07, 6.45) is 0. The average Bonchev–Trinajstić information content (AvgIpc) is 2.72. The summed E-state index contributed by atoms with van der Waals surface area (Å²) in [4.78, 5) is 34.2. The lowest BCUT2D eigenvalue weighted by Gasteiger charge is -2.27. The van der Waals surface area contributed by atoms with Crippen LogP contribution in [0.2, 0.25) is 0 Å². The molecule has 0 spiro atoms. The van der Waals surface area contributed by atoms with E-state index in [0.29, 0.717) is 10.9 Å². The van der Waals surface area contributed by atoms with Crippen LogP contribution in [-0.4, -0.2) is 46.9 Å². The Morgan fingerprint density at radius 1 is 0.636 bits per heavy atom. The van der Waals surface area contributed by atoms with Crippen molar-refractivity contribution in [2.24, 2.45) is 0 Å². The van der Waals surface area contributed by atoms with Crippen molar-refractivity contribution in [3.05, 3.63) is 48.5 Å². The minimum Gasteiger partial charge on any atom is -0.497 e. The Morgan fingerprint density at radius 3 is 1.27 bits per heavy atom. The lowest BCUT2D eigenvalue weighted by atomic mass is 10.3. The lowest BCUT2D eigenvalue weighted by molar-refractivity contribution is -0.146. The average molecular weight is 554 g/mol. The quantitative estimate of drug-likeness (QED) is 0.381. The van der Waals surface area contributed by atoms with Gasteiger partial charge >= 0.3 is 14.8 Å². The zero-order valence-electron chi connectivity index (χ0n) is 18.5. The maximum atomic E-state index is 11.4. The van der Waals surface area contributed by atoms with Crippen molar-refractivity contribution in [3.63, 3.8) is 0 Å². The van der Waals surface area contributed by atoms with Crippen molar-refractivity contribution in [2.45, 2.75) is 20.8 Å². The summed E-state index contributed by atoms with van der Waals surface area (Å²) < 4.78 is 25.6. The van der Waals surface area contributed by atoms with Crippen molar-refractivity contribution in [2.75, 3.05) is 14.2 Å². The molecule has 0 saturated heterocycles. The van der Waals surface area contributed by atoms with Gasteiger partial charge in [0.25, 0.3) is 17.9 Å². The van der Waals surface area contributed by atoms with Crippen molar-refractivity contribution in [1.29, 1.82) is 0 Å². The highest BCUT2D eigenvalue weighted by molar-refractivity contribution is 7.69. The Kier molecular flexibility index (Phi) is 11.2. The van der Waals surface area contributed by atoms with Gasteiger partial charge in [0.05, 0.1) is 14.2 Å². The number of carbonyl (C=O) groups is 3. The van der Waals surface area contributed by atoms with Crippen LogP contribution in [0.25, 0.3) is 0 Å². The molecule has 0 aliphatic rings. The van der Waals surface area contributed by atoms with Crippen LogP contribution < -0.4 is 19.8 Å². The lowest BCUT2D eigenvalue weighted by Crippen LogP contribution is -2.59. The summed E-state index contributed by atoms with van der Waals surface area (Å²) in [5.41, 5.74) is 0. The Hall–Kier alpha value is -2.25. The molecule has 0 atom stereocenters. The minimum atomic E-state index is -4.10. The van der Waals surface area contributed by atoms with Crippen LogP contribution in [0.15, 0.2) is 48.5 Å². The van der Waals surface area contributed by atoms with Crippen LogP contribution in [0.4, 0.5) is 0 Å². The molecule has 0 N–H and O–H groups in total. The van der Waals surface area contributed by atoms with Crippen LogP contribution in [0.3, 0.4) is 0 Å². The molecule has 0 aliphatic heterocycles. The zero-order chi connectivity index (χ0) is 25.2. The van der Waals surface area contributed by atoms with Gasteiger partial charge in [0.2, 0.25) is 0 Å². The van der Waals surface area contributed by atoms with E-state index in [-0.39, 0.29) is 10.9 Å². The number of carbonyl (C=O) groups excluding carboxylic acids is 3. The maximum Gasteiger partial charge on any atom is 0.746 e. The first-order valence-electron chi connectivity index (χ1n) is 9.28. The second-order valence-corrected chi connectivity index (χ2v) is 16.9. The number of benzene rings is 2. The van der Waals surface area contributed by atoms with Crippen LogP contribution >= 0.6 is 33.2 Å². The van der Waals surface area contributed by atoms with Gasteiger partial charge < -0.3 is 22.8 Å². The molecule has 2 aromatic rings. The molecule has 2 aromatic carbocycles. The number of halogens is 3. The Bertz CT molecular complexity index is 941. The highest BCUT2D eigenvalue weighted by Crippen LogP contribution is 2.24. The molecule has 0 aromatic heterocycles. The fourth-order valence-corrected chi connectivity index (χ4v) is 7.10. The van der Waals surface area contributed by atoms with Gasteiger partial charge in [-0.2, -0.15) is 0 Å². The fourth-order valence-electron chi connectivity index (χ4n) is 2.57. The van der Waals surface area contributed by atoms with Gasteiger partial charge in [0.15, 0.2) is 0 Å². The SMILES string of the molecule is COc1ccccc1[Si](Cl)(Cl)Cl.COc1ccccc1[Si](OC(C)=O)(OC(C)=O)OC(C)=O. The molecule has 8 nitrogen and oxygen atoms in total. The first-order valence-corrected chi connectivity index (χ1v) is 16.0. The Balaban J connectivity index is 0.000000383. The number of para-hydroxylation sites is 2. The summed E-state index contributed by atoms with van der Waals surface area (Å²) in [6.45, 7) is 3.39. The molecule has 33 heavy (non-hydrogen) atoms. The molecule has 0 aliphatic carbocycles. The van der Waals surface area contributed by atoms with E-state index in [0.717, 1.165) is 20.8 Å². The monoisotopic (exact) mass is 552 g/mol. The molecule has 0 fully saturated rings. The van der Waals surface area contributed by atoms with Gasteiger partial charge in [-0.15, -0.1) is 33.2 Å². The smallest absolute Gasteiger partial charge is 0.497 e. The van der Waals surface area contributed by atoms with E-state index in [1.807, 2.05) is 12.1 Å². The summed E-state index contributed by atoms with van der Waals surface area (Å²) in [6, 6.07) is 10.8. The summed E-state index contributed by atoms with van der Waals surface area (Å²) in [5.74, 6) is -1.29. The standard InChI is InChI=1S/C13H16O7Si.C7H7Cl3OSi/c1-9(14)18-21(19-10(2)15,20-11(3)16)13-8-6-5-7-12(13)17-4;1-11-6-4-2-3-5-7(6)12(8,9)10/h5-8H,1-4H3;2-5H,1H3. The summed E-state index contributed by atoms with van der Waals surface area (Å²) in [5, 5.41) is 0.908. The van der Waals surface area contributed by atoms with Crippen molar-refractivity contribution >= 4 is 76.3 Å². The molecule has 13 heteroatoms. The van der Waals surface area contributed by atoms with E-state index in [1.54, 1.807) is 37.4 Å². The molecule has 0 amide bonds. The van der Waals surface area contributed by atoms with Gasteiger partial charge in [0.1, 0.15) is 16.7 Å². The molecule has 0 radical (unpaired) electrons. The van der Waals surface area contributed by atoms with Crippen LogP contribution in [0.1, 0.15) is 20.8 Å². The molecule has 2 rings (SSSR count). The van der Waals surface area contributed by atoms with E-state index >= 15 is 0 Å². The predicted octanol–water partition coefficient (Wildman–Crippen LogP) is 3.09. The number of hydrogen-bond donors (Lipinski definition) is 0. The highest BCUT2D eigenvalue weighted by atomic mass is 35.8. The number of hydrogen-bond acceptors (Lipinski definition) is 8. The normalized spacial score (nSPS) is 10.8. The zero-order valence-corrected chi connectivity index (χ0v) is 22.8. The van der Waals surface area contributed by atoms with E-state index in [1.165, 1.54) is 13.2 Å². The highest BCUT2D eigenvalue weighted by Gasteiger charge is 2.56. The number of methoxy groups -OCH3 is 2. The van der Waals surface area contributed by atoms with Gasteiger partial charge in [-0.3, -0.25) is 14.4 Å². The number of ether oxygens (including phenoxy) is 2. The minimum absolute atomic E-state index is 0.216. The first kappa shape index (κ1) is 28.8. The van der Waals surface area contributed by atoms with Gasteiger partial charge in [-0.05, 0) is 18.2 Å². The van der Waals surface area contributed by atoms with Crippen LogP contribution in [-0.2, 0) is 27.7 Å². The van der Waals surface area contributed by atoms with E-state index in [9.17, 15) is 14.4 Å². The van der Waals surface area contributed by atoms with E-state index in [4.69, 9.17) is 56.0 Å². The van der Waals surface area contributed by atoms with Crippen LogP contribution in [0.5, 0.6) is 11.5 Å². The van der Waals surface area contributed by atoms with E-state index < -0.39 is 32.7 Å². The second kappa shape index (κ2) is 12.8. The third-order valence-electron chi connectivity index (χ3n) is 3.68. The third kappa shape index (κ3) is 8.90. The maximum absolute atomic E-state index is 11.4. The molecule has 0 heterocycles. The van der Waals surface area contributed by atoms with Gasteiger partial charge in [-0.25, -0.2) is 0 Å². The first-order chi connectivity index (χ1) is 15.4. The Labute approximate surface area is 208 Å². The van der Waals surface area contributed by atoms with Crippen molar-refractivity contribution in [1.82, 2.24) is 0 Å². The molecule has 0 bridgehead atoms. The summed E-state index contributed by atoms with van der Waals surface area (Å²) in [7, 11) is -1.14. The summed E-state index contributed by atoms with van der Waals surface area (Å²) >= 11 is 17.5. The third-order valence-corrected chi connectivity index (χ3v) is 9.28. The largest absolute Gasteiger partial charge is 0.746 e. The topological polar surface area (TPSA) is 97.4 Å². The fraction of sp³-hybridized carbons (Fsp3) is 0.250. The molecular weight excluding hydrogens is 531 g/mol. The van der Waals surface area contributed by atoms with Crippen molar-refractivity contribution in [3.8, 4) is 11.5 Å².